The maximum absolute atomic E-state index is 12.4. The van der Waals surface area contributed by atoms with E-state index in [1.807, 2.05) is 36.4 Å². The third-order valence-electron chi connectivity index (χ3n) is 4.02. The van der Waals surface area contributed by atoms with Crippen molar-refractivity contribution in [3.63, 3.8) is 0 Å². The van der Waals surface area contributed by atoms with Crippen LogP contribution in [0.15, 0.2) is 39.3 Å². The predicted molar refractivity (Wildman–Crippen MR) is 121 cm³/mol. The fourth-order valence-electron chi connectivity index (χ4n) is 2.79. The van der Waals surface area contributed by atoms with Gasteiger partial charge in [-0.05, 0) is 57.9 Å². The Bertz CT molecular complexity index is 915. The molecule has 0 aliphatic carbocycles. The first-order chi connectivity index (χ1) is 13.5. The maximum atomic E-state index is 12.4. The average molecular weight is 576 g/mol. The number of carbonyl (C=O) groups is 1. The number of hydrogen-bond acceptors (Lipinski definition) is 4. The van der Waals surface area contributed by atoms with E-state index < -0.39 is 0 Å². The van der Waals surface area contributed by atoms with Crippen molar-refractivity contribution >= 4 is 71.0 Å². The van der Waals surface area contributed by atoms with Gasteiger partial charge in [-0.25, -0.2) is 0 Å². The Morgan fingerprint density at radius 3 is 2.68 bits per heavy atom. The van der Waals surface area contributed by atoms with Gasteiger partial charge in [-0.2, -0.15) is 0 Å². The zero-order valence-electron chi connectivity index (χ0n) is 15.1. The molecule has 1 amide bonds. The van der Waals surface area contributed by atoms with Crippen LogP contribution in [-0.4, -0.2) is 38.2 Å². The minimum Gasteiger partial charge on any atom is -0.493 e. The number of methoxy groups -OCH3 is 1. The second-order valence-electron chi connectivity index (χ2n) is 5.89. The van der Waals surface area contributed by atoms with Gasteiger partial charge in [-0.15, -0.1) is 0 Å². The first kappa shape index (κ1) is 21.4. The van der Waals surface area contributed by atoms with E-state index >= 15 is 0 Å². The van der Waals surface area contributed by atoms with Crippen molar-refractivity contribution in [2.45, 2.75) is 0 Å². The van der Waals surface area contributed by atoms with E-state index in [0.717, 1.165) is 31.1 Å². The second kappa shape index (κ2) is 9.91. The summed E-state index contributed by atoms with van der Waals surface area (Å²) in [5.41, 5.74) is 3.08. The molecule has 1 aliphatic rings. The van der Waals surface area contributed by atoms with Gasteiger partial charge in [-0.1, -0.05) is 31.9 Å². The van der Waals surface area contributed by atoms with Crippen molar-refractivity contribution in [1.82, 2.24) is 0 Å². The number of rotatable bonds is 8. The Hall–Kier alpha value is -1.35. The molecule has 148 valence electrons. The van der Waals surface area contributed by atoms with Crippen LogP contribution in [0.1, 0.15) is 11.1 Å². The predicted octanol–water partition coefficient (Wildman–Crippen LogP) is 5.50. The molecule has 1 aliphatic heterocycles. The lowest BCUT2D eigenvalue weighted by Crippen LogP contribution is -2.09. The van der Waals surface area contributed by atoms with Crippen molar-refractivity contribution in [2.24, 2.45) is 0 Å². The van der Waals surface area contributed by atoms with Crippen LogP contribution in [-0.2, 0) is 9.53 Å². The molecule has 0 spiro atoms. The number of hydrogen-bond donors (Lipinski definition) is 1. The summed E-state index contributed by atoms with van der Waals surface area (Å²) in [5.74, 6) is 1.05. The third kappa shape index (κ3) is 4.97. The van der Waals surface area contributed by atoms with Crippen LogP contribution in [0.2, 0.25) is 0 Å². The molecule has 1 heterocycles. The summed E-state index contributed by atoms with van der Waals surface area (Å²) in [6.07, 6.45) is 1.84. The van der Waals surface area contributed by atoms with E-state index in [-0.39, 0.29) is 5.91 Å². The van der Waals surface area contributed by atoms with Gasteiger partial charge in [0.15, 0.2) is 11.5 Å². The van der Waals surface area contributed by atoms with E-state index in [2.05, 4.69) is 53.1 Å². The summed E-state index contributed by atoms with van der Waals surface area (Å²) < 4.78 is 18.3. The van der Waals surface area contributed by atoms with Crippen LogP contribution >= 0.6 is 47.8 Å². The van der Waals surface area contributed by atoms with Gasteiger partial charge in [0.05, 0.1) is 24.8 Å². The zero-order valence-corrected chi connectivity index (χ0v) is 19.8. The van der Waals surface area contributed by atoms with Gasteiger partial charge in [0.2, 0.25) is 0 Å². The van der Waals surface area contributed by atoms with Crippen LogP contribution in [0.4, 0.5) is 5.69 Å². The second-order valence-corrected chi connectivity index (χ2v) is 8.45. The SMILES string of the molecule is COc1cc(C=C2C(=O)Nc3ccc(Br)cc32)cc(Br)c1OCCOCCBr. The molecule has 0 unspecified atom stereocenters. The van der Waals surface area contributed by atoms with Crippen LogP contribution < -0.4 is 14.8 Å². The van der Waals surface area contributed by atoms with E-state index in [4.69, 9.17) is 14.2 Å². The highest BCUT2D eigenvalue weighted by atomic mass is 79.9. The number of alkyl halides is 1. The van der Waals surface area contributed by atoms with Gasteiger partial charge in [-0.3, -0.25) is 4.79 Å². The summed E-state index contributed by atoms with van der Waals surface area (Å²) in [6, 6.07) is 9.44. The molecule has 8 heteroatoms. The molecule has 1 N–H and O–H groups in total. The molecule has 2 aromatic rings. The Morgan fingerprint density at radius 2 is 1.93 bits per heavy atom. The molecule has 5 nitrogen and oxygen atoms in total. The summed E-state index contributed by atoms with van der Waals surface area (Å²) in [6.45, 7) is 1.53. The molecule has 0 bridgehead atoms. The quantitative estimate of drug-likeness (QED) is 0.256. The first-order valence-corrected chi connectivity index (χ1v) is 11.2. The Balaban J connectivity index is 1.86. The number of carbonyl (C=O) groups excluding carboxylic acids is 1. The summed E-state index contributed by atoms with van der Waals surface area (Å²) in [5, 5.41) is 3.67. The van der Waals surface area contributed by atoms with Gasteiger partial charge in [0, 0.05) is 26.6 Å². The largest absolute Gasteiger partial charge is 0.493 e. The maximum Gasteiger partial charge on any atom is 0.256 e. The molecule has 0 atom stereocenters. The molecule has 0 radical (unpaired) electrons. The number of anilines is 1. The zero-order chi connectivity index (χ0) is 20.1. The monoisotopic (exact) mass is 573 g/mol. The Labute approximate surface area is 188 Å². The minimum absolute atomic E-state index is 0.132. The van der Waals surface area contributed by atoms with Gasteiger partial charge < -0.3 is 19.5 Å². The fraction of sp³-hybridized carbons (Fsp3) is 0.250. The van der Waals surface area contributed by atoms with E-state index in [9.17, 15) is 4.79 Å². The number of ether oxygens (including phenoxy) is 3. The molecular weight excluding hydrogens is 558 g/mol. The lowest BCUT2D eigenvalue weighted by atomic mass is 10.0. The highest BCUT2D eigenvalue weighted by Crippen LogP contribution is 2.39. The number of amides is 1. The molecule has 2 aromatic carbocycles. The van der Waals surface area contributed by atoms with Crippen LogP contribution in [0.5, 0.6) is 11.5 Å². The average Bonchev–Trinajstić information content (AvgIpc) is 2.97. The van der Waals surface area contributed by atoms with Gasteiger partial charge >= 0.3 is 0 Å². The normalized spacial score (nSPS) is 14.1. The first-order valence-electron chi connectivity index (χ1n) is 8.50. The summed E-state index contributed by atoms with van der Waals surface area (Å²) >= 11 is 10.3. The highest BCUT2D eigenvalue weighted by Gasteiger charge is 2.24. The third-order valence-corrected chi connectivity index (χ3v) is 5.43. The van der Waals surface area contributed by atoms with Gasteiger partial charge in [0.25, 0.3) is 5.91 Å². The smallest absolute Gasteiger partial charge is 0.256 e. The number of halogens is 3. The van der Waals surface area contributed by atoms with E-state index in [1.165, 1.54) is 0 Å². The van der Waals surface area contributed by atoms with Crippen molar-refractivity contribution in [3.05, 3.63) is 50.4 Å². The lowest BCUT2D eigenvalue weighted by Gasteiger charge is -2.14. The van der Waals surface area contributed by atoms with Crippen LogP contribution in [0, 0.1) is 0 Å². The summed E-state index contributed by atoms with van der Waals surface area (Å²) in [7, 11) is 1.58. The Kier molecular flexibility index (Phi) is 7.56. The van der Waals surface area contributed by atoms with Crippen molar-refractivity contribution in [2.75, 3.05) is 37.6 Å². The molecule has 0 saturated heterocycles. The van der Waals surface area contributed by atoms with Crippen molar-refractivity contribution in [3.8, 4) is 11.5 Å². The number of fused-ring (bicyclic) bond motifs is 1. The van der Waals surface area contributed by atoms with E-state index in [1.54, 1.807) is 7.11 Å². The molecule has 0 saturated carbocycles. The lowest BCUT2D eigenvalue weighted by molar-refractivity contribution is -0.110. The summed E-state index contributed by atoms with van der Waals surface area (Å²) in [4.78, 5) is 12.4. The highest BCUT2D eigenvalue weighted by molar-refractivity contribution is 9.11. The minimum atomic E-state index is -0.132. The molecular formula is C20H18Br3NO4. The molecule has 0 fully saturated rings. The van der Waals surface area contributed by atoms with Crippen LogP contribution in [0.25, 0.3) is 11.6 Å². The number of benzene rings is 2. The van der Waals surface area contributed by atoms with Crippen LogP contribution in [0.3, 0.4) is 0 Å². The molecule has 3 rings (SSSR count). The molecule has 28 heavy (non-hydrogen) atoms. The topological polar surface area (TPSA) is 56.8 Å². The molecule has 0 aromatic heterocycles. The fourth-order valence-corrected chi connectivity index (χ4v) is 3.96. The van der Waals surface area contributed by atoms with Crippen molar-refractivity contribution in [1.29, 1.82) is 0 Å². The van der Waals surface area contributed by atoms with Crippen molar-refractivity contribution < 1.29 is 19.0 Å². The number of nitrogens with one attached hydrogen (secondary N) is 1. The Morgan fingerprint density at radius 1 is 1.11 bits per heavy atom. The van der Waals surface area contributed by atoms with E-state index in [0.29, 0.717) is 36.9 Å². The van der Waals surface area contributed by atoms with Gasteiger partial charge in [0.1, 0.15) is 6.61 Å². The standard InChI is InChI=1S/C20H18Br3NO4/c1-26-18-10-12(9-16(23)19(18)28-7-6-27-5-4-21)8-15-14-11-13(22)2-3-17(14)24-20(15)25/h2-3,8-11H,4-7H2,1H3,(H,24,25).